The van der Waals surface area contributed by atoms with E-state index in [0.717, 1.165) is 38.7 Å². The van der Waals surface area contributed by atoms with Crippen LogP contribution in [0.15, 0.2) is 40.7 Å². The largest absolute Gasteiger partial charge is 0.355 e. The summed E-state index contributed by atoms with van der Waals surface area (Å²) in [4.78, 5) is 8.39. The Hall–Kier alpha value is -1.12. The molecule has 136 valence electrons. The molecule has 0 amide bonds. The van der Waals surface area contributed by atoms with Crippen molar-refractivity contribution < 1.29 is 0 Å². The summed E-state index contributed by atoms with van der Waals surface area (Å²) in [5.74, 6) is 0.865. The van der Waals surface area contributed by atoms with Gasteiger partial charge in [0, 0.05) is 44.6 Å². The van der Waals surface area contributed by atoms with Gasteiger partial charge in [0.1, 0.15) is 0 Å². The van der Waals surface area contributed by atoms with E-state index in [4.69, 9.17) is 0 Å². The number of nitrogens with one attached hydrogen (secondary N) is 2. The first-order chi connectivity index (χ1) is 11.7. The number of nitrogens with zero attached hydrogens (tertiary/aromatic N) is 2. The fourth-order valence-electron chi connectivity index (χ4n) is 3.06. The van der Waals surface area contributed by atoms with Gasteiger partial charge in [-0.25, -0.2) is 0 Å². The molecule has 1 aliphatic heterocycles. The number of hydrogen-bond acceptors (Lipinski definition) is 3. The number of fused-ring (bicyclic) bond motifs is 1. The Labute approximate surface area is 171 Å². The van der Waals surface area contributed by atoms with E-state index < -0.39 is 0 Å². The number of benzene rings is 1. The zero-order chi connectivity index (χ0) is 16.8. The number of rotatable bonds is 5. The van der Waals surface area contributed by atoms with Crippen LogP contribution < -0.4 is 10.6 Å². The highest BCUT2D eigenvalue weighted by molar-refractivity contribution is 14.0. The van der Waals surface area contributed by atoms with Crippen LogP contribution in [0.4, 0.5) is 0 Å². The van der Waals surface area contributed by atoms with Gasteiger partial charge in [-0.15, -0.1) is 35.3 Å². The minimum Gasteiger partial charge on any atom is -0.355 e. The number of aryl methyl sites for hydroxylation is 1. The molecular weight excluding hydrogens is 443 g/mol. The second-order valence-corrected chi connectivity index (χ2v) is 7.24. The highest BCUT2D eigenvalue weighted by atomic mass is 127. The third-order valence-electron chi connectivity index (χ3n) is 4.37. The molecule has 4 nitrogen and oxygen atoms in total. The van der Waals surface area contributed by atoms with Crippen molar-refractivity contribution in [3.63, 3.8) is 0 Å². The van der Waals surface area contributed by atoms with E-state index in [1.807, 2.05) is 18.4 Å². The highest BCUT2D eigenvalue weighted by Crippen LogP contribution is 2.23. The van der Waals surface area contributed by atoms with Crippen LogP contribution in [-0.2, 0) is 19.5 Å². The standard InChI is InChI=1S/C19H26N4S.HI/c1-15-4-3-5-16(12-15)13-22-19(20-2)21-8-10-23-9-6-18-17(14-23)7-11-24-18;/h3-5,7,11-12H,6,8-10,13-14H2,1-2H3,(H2,20,21,22);1H. The Morgan fingerprint density at radius 3 is 2.96 bits per heavy atom. The lowest BCUT2D eigenvalue weighted by Crippen LogP contribution is -2.42. The molecule has 1 aromatic carbocycles. The minimum atomic E-state index is 0. The lowest BCUT2D eigenvalue weighted by Gasteiger charge is -2.27. The molecular formula is C19H27IN4S. The van der Waals surface area contributed by atoms with Crippen molar-refractivity contribution in [1.29, 1.82) is 0 Å². The van der Waals surface area contributed by atoms with Gasteiger partial charge in [-0.2, -0.15) is 0 Å². The van der Waals surface area contributed by atoms with Gasteiger partial charge in [0.25, 0.3) is 0 Å². The predicted octanol–water partition coefficient (Wildman–Crippen LogP) is 3.40. The number of hydrogen-bond donors (Lipinski definition) is 2. The maximum atomic E-state index is 4.31. The predicted molar refractivity (Wildman–Crippen MR) is 118 cm³/mol. The van der Waals surface area contributed by atoms with Crippen LogP contribution >= 0.6 is 35.3 Å². The molecule has 0 spiro atoms. The molecule has 1 aromatic heterocycles. The molecule has 0 radical (unpaired) electrons. The van der Waals surface area contributed by atoms with Gasteiger partial charge >= 0.3 is 0 Å². The molecule has 3 rings (SSSR count). The Morgan fingerprint density at radius 1 is 1.28 bits per heavy atom. The molecule has 0 atom stereocenters. The van der Waals surface area contributed by atoms with Gasteiger partial charge in [0.15, 0.2) is 5.96 Å². The van der Waals surface area contributed by atoms with Gasteiger partial charge in [-0.3, -0.25) is 9.89 Å². The van der Waals surface area contributed by atoms with E-state index in [1.165, 1.54) is 23.1 Å². The van der Waals surface area contributed by atoms with Crippen LogP contribution in [-0.4, -0.2) is 37.5 Å². The molecule has 0 fully saturated rings. The van der Waals surface area contributed by atoms with Gasteiger partial charge in [-0.05, 0) is 35.9 Å². The molecule has 0 saturated carbocycles. The van der Waals surface area contributed by atoms with Crippen molar-refractivity contribution in [2.45, 2.75) is 26.4 Å². The molecule has 2 N–H and O–H groups in total. The van der Waals surface area contributed by atoms with Crippen molar-refractivity contribution in [1.82, 2.24) is 15.5 Å². The van der Waals surface area contributed by atoms with Crippen LogP contribution in [0.2, 0.25) is 0 Å². The van der Waals surface area contributed by atoms with Crippen LogP contribution in [0.25, 0.3) is 0 Å². The number of halogens is 1. The first kappa shape index (κ1) is 20.2. The summed E-state index contributed by atoms with van der Waals surface area (Å²) in [6.45, 7) is 7.10. The smallest absolute Gasteiger partial charge is 0.191 e. The minimum absolute atomic E-state index is 0. The van der Waals surface area contributed by atoms with E-state index in [0.29, 0.717) is 0 Å². The number of aliphatic imine (C=N–C) groups is 1. The van der Waals surface area contributed by atoms with Gasteiger partial charge in [0.2, 0.25) is 0 Å². The van der Waals surface area contributed by atoms with Crippen molar-refractivity contribution >= 4 is 41.3 Å². The Morgan fingerprint density at radius 2 is 2.16 bits per heavy atom. The zero-order valence-electron chi connectivity index (χ0n) is 14.9. The Bertz CT molecular complexity index is 698. The fraction of sp³-hybridized carbons (Fsp3) is 0.421. The zero-order valence-corrected chi connectivity index (χ0v) is 18.1. The summed E-state index contributed by atoms with van der Waals surface area (Å²) in [5.41, 5.74) is 4.07. The van der Waals surface area contributed by atoms with Crippen LogP contribution in [0.1, 0.15) is 21.6 Å². The first-order valence-electron chi connectivity index (χ1n) is 8.52. The monoisotopic (exact) mass is 470 g/mol. The summed E-state index contributed by atoms with van der Waals surface area (Å²) in [6, 6.07) is 10.8. The van der Waals surface area contributed by atoms with Gasteiger partial charge < -0.3 is 10.6 Å². The number of thiophene rings is 1. The summed E-state index contributed by atoms with van der Waals surface area (Å²) < 4.78 is 0. The molecule has 0 unspecified atom stereocenters. The molecule has 25 heavy (non-hydrogen) atoms. The van der Waals surface area contributed by atoms with E-state index in [2.05, 4.69) is 63.2 Å². The average Bonchev–Trinajstić information content (AvgIpc) is 3.05. The molecule has 2 heterocycles. The molecule has 0 aliphatic carbocycles. The van der Waals surface area contributed by atoms with Crippen molar-refractivity contribution in [3.05, 3.63) is 57.3 Å². The molecule has 6 heteroatoms. The van der Waals surface area contributed by atoms with Gasteiger partial charge in [-0.1, -0.05) is 29.8 Å². The van der Waals surface area contributed by atoms with E-state index in [1.54, 1.807) is 4.88 Å². The second-order valence-electron chi connectivity index (χ2n) is 6.24. The number of guanidine groups is 1. The van der Waals surface area contributed by atoms with E-state index in [9.17, 15) is 0 Å². The molecule has 0 saturated heterocycles. The van der Waals surface area contributed by atoms with Gasteiger partial charge in [0.05, 0.1) is 0 Å². The third kappa shape index (κ3) is 5.97. The van der Waals surface area contributed by atoms with Crippen LogP contribution in [0.5, 0.6) is 0 Å². The maximum absolute atomic E-state index is 4.31. The first-order valence-corrected chi connectivity index (χ1v) is 9.40. The summed E-state index contributed by atoms with van der Waals surface area (Å²) in [6.07, 6.45) is 1.19. The quantitative estimate of drug-likeness (QED) is 0.400. The molecule has 1 aliphatic rings. The lowest BCUT2D eigenvalue weighted by atomic mass is 10.1. The fourth-order valence-corrected chi connectivity index (χ4v) is 3.95. The van der Waals surface area contributed by atoms with Crippen molar-refractivity contribution in [3.8, 4) is 0 Å². The van der Waals surface area contributed by atoms with E-state index >= 15 is 0 Å². The Kier molecular flexibility index (Phi) is 8.18. The van der Waals surface area contributed by atoms with Crippen LogP contribution in [0.3, 0.4) is 0 Å². The topological polar surface area (TPSA) is 39.7 Å². The summed E-state index contributed by atoms with van der Waals surface area (Å²) in [7, 11) is 1.82. The maximum Gasteiger partial charge on any atom is 0.191 e. The summed E-state index contributed by atoms with van der Waals surface area (Å²) >= 11 is 1.89. The van der Waals surface area contributed by atoms with Crippen molar-refractivity contribution in [2.24, 2.45) is 4.99 Å². The highest BCUT2D eigenvalue weighted by Gasteiger charge is 2.16. The summed E-state index contributed by atoms with van der Waals surface area (Å²) in [5, 5.41) is 9.02. The van der Waals surface area contributed by atoms with E-state index in [-0.39, 0.29) is 24.0 Å². The average molecular weight is 470 g/mol. The SMILES string of the molecule is CN=C(NCCN1CCc2sccc2C1)NCc1cccc(C)c1.I. The van der Waals surface area contributed by atoms with Crippen LogP contribution in [0, 0.1) is 6.92 Å². The second kappa shape index (κ2) is 10.1. The normalized spacial score (nSPS) is 14.6. The van der Waals surface area contributed by atoms with Crippen molar-refractivity contribution in [2.75, 3.05) is 26.7 Å². The molecule has 2 aromatic rings. The third-order valence-corrected chi connectivity index (χ3v) is 5.40. The Balaban J connectivity index is 0.00000225. The lowest BCUT2D eigenvalue weighted by molar-refractivity contribution is 0.260. The molecule has 0 bridgehead atoms.